The summed E-state index contributed by atoms with van der Waals surface area (Å²) in [5.74, 6) is 0.647. The van der Waals surface area contributed by atoms with E-state index >= 15 is 0 Å². The van der Waals surface area contributed by atoms with Crippen LogP contribution in [0.2, 0.25) is 0 Å². The molecule has 0 bridgehead atoms. The lowest BCUT2D eigenvalue weighted by molar-refractivity contribution is 0.228. The number of carbonyl (C=O) groups excluding carboxylic acids is 1. The second-order valence-corrected chi connectivity index (χ2v) is 5.84. The van der Waals surface area contributed by atoms with E-state index in [2.05, 4.69) is 20.8 Å². The van der Waals surface area contributed by atoms with Crippen LogP contribution >= 0.6 is 0 Å². The molecule has 1 aromatic heterocycles. The van der Waals surface area contributed by atoms with Crippen molar-refractivity contribution < 1.29 is 13.7 Å². The van der Waals surface area contributed by atoms with Crippen LogP contribution in [-0.4, -0.2) is 22.2 Å². The Balaban J connectivity index is 1.99. The largest absolute Gasteiger partial charge is 0.337 e. The number of amides is 2. The second-order valence-electron chi connectivity index (χ2n) is 5.84. The van der Waals surface area contributed by atoms with Crippen LogP contribution in [0.4, 0.5) is 9.18 Å². The van der Waals surface area contributed by atoms with Gasteiger partial charge in [-0.1, -0.05) is 19.0 Å². The fourth-order valence-corrected chi connectivity index (χ4v) is 1.80. The maximum Gasteiger partial charge on any atom is 0.315 e. The van der Waals surface area contributed by atoms with Crippen molar-refractivity contribution in [3.8, 4) is 11.4 Å². The van der Waals surface area contributed by atoms with Crippen molar-refractivity contribution in [2.75, 3.05) is 0 Å². The normalized spacial score (nSPS) is 13.7. The van der Waals surface area contributed by atoms with E-state index < -0.39 is 6.04 Å². The number of nitrogens with one attached hydrogen (secondary N) is 2. The van der Waals surface area contributed by atoms with Crippen LogP contribution in [0.3, 0.4) is 0 Å². The highest BCUT2D eigenvalue weighted by Crippen LogP contribution is 2.18. The summed E-state index contributed by atoms with van der Waals surface area (Å²) in [4.78, 5) is 16.1. The summed E-state index contributed by atoms with van der Waals surface area (Å²) in [6, 6.07) is 5.12. The Labute approximate surface area is 134 Å². The van der Waals surface area contributed by atoms with Crippen molar-refractivity contribution in [3.05, 3.63) is 36.0 Å². The van der Waals surface area contributed by atoms with Gasteiger partial charge in [0, 0.05) is 11.6 Å². The lowest BCUT2D eigenvalue weighted by Gasteiger charge is -2.19. The highest BCUT2D eigenvalue weighted by molar-refractivity contribution is 5.74. The number of rotatable bonds is 5. The summed E-state index contributed by atoms with van der Waals surface area (Å²) >= 11 is 0. The van der Waals surface area contributed by atoms with Crippen molar-refractivity contribution in [2.24, 2.45) is 5.92 Å². The molecule has 2 unspecified atom stereocenters. The van der Waals surface area contributed by atoms with Gasteiger partial charge in [0.2, 0.25) is 11.7 Å². The summed E-state index contributed by atoms with van der Waals surface area (Å²) in [6.45, 7) is 7.75. The Bertz CT molecular complexity index is 654. The van der Waals surface area contributed by atoms with Gasteiger partial charge >= 0.3 is 6.03 Å². The van der Waals surface area contributed by atoms with Gasteiger partial charge in [-0.15, -0.1) is 0 Å². The van der Waals surface area contributed by atoms with Gasteiger partial charge in [-0.3, -0.25) is 0 Å². The van der Waals surface area contributed by atoms with Crippen LogP contribution in [0.15, 0.2) is 28.8 Å². The van der Waals surface area contributed by atoms with Crippen molar-refractivity contribution in [2.45, 2.75) is 39.8 Å². The highest BCUT2D eigenvalue weighted by Gasteiger charge is 2.18. The van der Waals surface area contributed by atoms with Crippen LogP contribution < -0.4 is 10.6 Å². The molecule has 0 aliphatic carbocycles. The summed E-state index contributed by atoms with van der Waals surface area (Å²) in [6.07, 6.45) is 0. The van der Waals surface area contributed by atoms with Crippen molar-refractivity contribution >= 4 is 6.03 Å². The number of urea groups is 1. The molecule has 0 aliphatic heterocycles. The van der Waals surface area contributed by atoms with E-state index in [0.29, 0.717) is 17.3 Å². The molecule has 0 saturated carbocycles. The molecule has 2 aromatic rings. The minimum atomic E-state index is -0.434. The Morgan fingerprint density at radius 3 is 2.39 bits per heavy atom. The molecule has 1 heterocycles. The topological polar surface area (TPSA) is 80.0 Å². The zero-order chi connectivity index (χ0) is 17.0. The number of halogens is 1. The first kappa shape index (κ1) is 16.9. The van der Waals surface area contributed by atoms with Crippen molar-refractivity contribution in [1.29, 1.82) is 0 Å². The van der Waals surface area contributed by atoms with Gasteiger partial charge in [0.05, 0.1) is 0 Å². The summed E-state index contributed by atoms with van der Waals surface area (Å²) in [5, 5.41) is 9.45. The van der Waals surface area contributed by atoms with Crippen molar-refractivity contribution in [1.82, 2.24) is 20.8 Å². The number of aromatic nitrogens is 2. The molecular formula is C16H21FN4O2. The van der Waals surface area contributed by atoms with Gasteiger partial charge in [0.15, 0.2) is 0 Å². The monoisotopic (exact) mass is 320 g/mol. The first-order valence-electron chi connectivity index (χ1n) is 7.53. The third kappa shape index (κ3) is 4.51. The van der Waals surface area contributed by atoms with Gasteiger partial charge in [-0.2, -0.15) is 4.98 Å². The average Bonchev–Trinajstić information content (AvgIpc) is 2.97. The maximum atomic E-state index is 12.9. The molecule has 7 heteroatoms. The Morgan fingerprint density at radius 1 is 1.13 bits per heavy atom. The third-order valence-corrected chi connectivity index (χ3v) is 3.62. The predicted molar refractivity (Wildman–Crippen MR) is 84.1 cm³/mol. The number of hydrogen-bond acceptors (Lipinski definition) is 4. The number of nitrogens with zero attached hydrogens (tertiary/aromatic N) is 2. The SMILES string of the molecule is CC(NC(=O)NC(C)C(C)C)c1nc(-c2ccc(F)cc2)no1. The van der Waals surface area contributed by atoms with Crippen LogP contribution in [0, 0.1) is 11.7 Å². The Hall–Kier alpha value is -2.44. The molecule has 124 valence electrons. The molecule has 2 atom stereocenters. The Kier molecular flexibility index (Phi) is 5.31. The zero-order valence-corrected chi connectivity index (χ0v) is 13.6. The van der Waals surface area contributed by atoms with Gasteiger partial charge in [0.25, 0.3) is 0 Å². The van der Waals surface area contributed by atoms with E-state index in [1.807, 2.05) is 20.8 Å². The van der Waals surface area contributed by atoms with E-state index in [1.54, 1.807) is 19.1 Å². The maximum absolute atomic E-state index is 12.9. The lowest BCUT2D eigenvalue weighted by atomic mass is 10.1. The molecule has 1 aromatic carbocycles. The zero-order valence-electron chi connectivity index (χ0n) is 13.6. The van der Waals surface area contributed by atoms with Gasteiger partial charge in [-0.05, 0) is 44.0 Å². The summed E-state index contributed by atoms with van der Waals surface area (Å²) in [5.41, 5.74) is 0.645. The molecule has 0 fully saturated rings. The van der Waals surface area contributed by atoms with Crippen molar-refractivity contribution in [3.63, 3.8) is 0 Å². The standard InChI is InChI=1S/C16H21FN4O2/c1-9(2)10(3)18-16(22)19-11(4)15-20-14(21-23-15)12-5-7-13(17)8-6-12/h5-11H,1-4H3,(H2,18,19,22). The number of carbonyl (C=O) groups is 1. The molecule has 0 saturated heterocycles. The molecular weight excluding hydrogens is 299 g/mol. The molecule has 0 aliphatic rings. The molecule has 23 heavy (non-hydrogen) atoms. The van der Waals surface area contributed by atoms with E-state index in [0.717, 1.165) is 0 Å². The van der Waals surface area contributed by atoms with E-state index in [4.69, 9.17) is 4.52 Å². The Morgan fingerprint density at radius 2 is 1.78 bits per heavy atom. The number of hydrogen-bond donors (Lipinski definition) is 2. The average molecular weight is 320 g/mol. The fraction of sp³-hybridized carbons (Fsp3) is 0.438. The molecule has 2 amide bonds. The lowest BCUT2D eigenvalue weighted by Crippen LogP contribution is -2.43. The third-order valence-electron chi connectivity index (χ3n) is 3.62. The van der Waals surface area contributed by atoms with Crippen LogP contribution in [0.25, 0.3) is 11.4 Å². The minimum absolute atomic E-state index is 0.0552. The molecule has 2 N–H and O–H groups in total. The van der Waals surface area contributed by atoms with Gasteiger partial charge in [0.1, 0.15) is 11.9 Å². The van der Waals surface area contributed by atoms with E-state index in [-0.39, 0.29) is 23.8 Å². The van der Waals surface area contributed by atoms with Gasteiger partial charge in [-0.25, -0.2) is 9.18 Å². The molecule has 0 radical (unpaired) electrons. The van der Waals surface area contributed by atoms with E-state index in [9.17, 15) is 9.18 Å². The second kappa shape index (κ2) is 7.21. The first-order valence-corrected chi connectivity index (χ1v) is 7.53. The minimum Gasteiger partial charge on any atom is -0.337 e. The number of benzene rings is 1. The molecule has 6 nitrogen and oxygen atoms in total. The highest BCUT2D eigenvalue weighted by atomic mass is 19.1. The quantitative estimate of drug-likeness (QED) is 0.886. The van der Waals surface area contributed by atoms with Gasteiger partial charge < -0.3 is 15.2 Å². The molecule has 2 rings (SSSR count). The summed E-state index contributed by atoms with van der Waals surface area (Å²) < 4.78 is 18.1. The van der Waals surface area contributed by atoms with Crippen LogP contribution in [0.5, 0.6) is 0 Å². The smallest absolute Gasteiger partial charge is 0.315 e. The van der Waals surface area contributed by atoms with Crippen LogP contribution in [-0.2, 0) is 0 Å². The first-order chi connectivity index (χ1) is 10.9. The predicted octanol–water partition coefficient (Wildman–Crippen LogP) is 3.28. The fourth-order valence-electron chi connectivity index (χ4n) is 1.80. The van der Waals surface area contributed by atoms with E-state index in [1.165, 1.54) is 12.1 Å². The van der Waals surface area contributed by atoms with Crippen LogP contribution in [0.1, 0.15) is 39.6 Å². The molecule has 0 spiro atoms. The summed E-state index contributed by atoms with van der Waals surface area (Å²) in [7, 11) is 0.